The molecule has 1 aliphatic rings. The Morgan fingerprint density at radius 3 is 2.63 bits per heavy atom. The van der Waals surface area contributed by atoms with Crippen LogP contribution >= 0.6 is 11.8 Å². The summed E-state index contributed by atoms with van der Waals surface area (Å²) in [4.78, 5) is 0. The predicted octanol–water partition coefficient (Wildman–Crippen LogP) is 3.83. The average molecular weight is 273 g/mol. The number of hydrogen-bond donors (Lipinski definition) is 0. The van der Waals surface area contributed by atoms with E-state index in [-0.39, 0.29) is 0 Å². The van der Waals surface area contributed by atoms with Gasteiger partial charge in [0.2, 0.25) is 0 Å². The minimum atomic E-state index is 0.729. The number of rotatable bonds is 3. The highest BCUT2D eigenvalue weighted by atomic mass is 32.2. The molecule has 1 aromatic heterocycles. The van der Waals surface area contributed by atoms with E-state index in [0.717, 1.165) is 16.2 Å². The van der Waals surface area contributed by atoms with Crippen LogP contribution in [0.2, 0.25) is 0 Å². The molecular formula is C15H19N3S. The zero-order chi connectivity index (χ0) is 13.2. The first kappa shape index (κ1) is 12.7. The minimum Gasteiger partial charge on any atom is -0.305 e. The van der Waals surface area contributed by atoms with E-state index in [0.29, 0.717) is 0 Å². The SMILES string of the molecule is Cc1ccccc1-c1nnc(SC2CCCC2)n1C. The summed E-state index contributed by atoms with van der Waals surface area (Å²) in [6.07, 6.45) is 5.36. The van der Waals surface area contributed by atoms with E-state index in [1.165, 1.54) is 36.8 Å². The predicted molar refractivity (Wildman–Crippen MR) is 79.3 cm³/mol. The first-order valence-electron chi connectivity index (χ1n) is 6.88. The zero-order valence-electron chi connectivity index (χ0n) is 11.5. The lowest BCUT2D eigenvalue weighted by Crippen LogP contribution is -2.00. The van der Waals surface area contributed by atoms with Crippen LogP contribution in [0.4, 0.5) is 0 Å². The van der Waals surface area contributed by atoms with Crippen molar-refractivity contribution in [1.29, 1.82) is 0 Å². The van der Waals surface area contributed by atoms with Gasteiger partial charge in [-0.15, -0.1) is 10.2 Å². The maximum atomic E-state index is 4.38. The molecule has 0 radical (unpaired) electrons. The van der Waals surface area contributed by atoms with Gasteiger partial charge in [-0.3, -0.25) is 0 Å². The van der Waals surface area contributed by atoms with Crippen molar-refractivity contribution in [3.05, 3.63) is 29.8 Å². The van der Waals surface area contributed by atoms with Gasteiger partial charge in [0.05, 0.1) is 0 Å². The molecule has 0 amide bonds. The first-order valence-corrected chi connectivity index (χ1v) is 7.75. The fraction of sp³-hybridized carbons (Fsp3) is 0.467. The molecule has 0 N–H and O–H groups in total. The molecule has 0 unspecified atom stereocenters. The molecule has 0 aliphatic heterocycles. The van der Waals surface area contributed by atoms with E-state index in [1.54, 1.807) is 0 Å². The van der Waals surface area contributed by atoms with Crippen LogP contribution in [-0.2, 0) is 7.05 Å². The Labute approximate surface area is 118 Å². The molecule has 4 heteroatoms. The molecule has 0 spiro atoms. The summed E-state index contributed by atoms with van der Waals surface area (Å²) in [6.45, 7) is 2.12. The second-order valence-electron chi connectivity index (χ2n) is 5.20. The summed E-state index contributed by atoms with van der Waals surface area (Å²) in [5.41, 5.74) is 2.42. The Kier molecular flexibility index (Phi) is 3.60. The van der Waals surface area contributed by atoms with E-state index in [4.69, 9.17) is 0 Å². The molecule has 3 nitrogen and oxygen atoms in total. The number of aromatic nitrogens is 3. The number of hydrogen-bond acceptors (Lipinski definition) is 3. The zero-order valence-corrected chi connectivity index (χ0v) is 12.3. The largest absolute Gasteiger partial charge is 0.305 e. The molecule has 1 fully saturated rings. The van der Waals surface area contributed by atoms with Gasteiger partial charge in [-0.05, 0) is 25.3 Å². The van der Waals surface area contributed by atoms with Gasteiger partial charge in [0, 0.05) is 17.9 Å². The molecular weight excluding hydrogens is 254 g/mol. The van der Waals surface area contributed by atoms with Crippen LogP contribution in [0.3, 0.4) is 0 Å². The van der Waals surface area contributed by atoms with Gasteiger partial charge in [-0.25, -0.2) is 0 Å². The van der Waals surface area contributed by atoms with Gasteiger partial charge < -0.3 is 4.57 Å². The average Bonchev–Trinajstić information content (AvgIpc) is 3.03. The summed E-state index contributed by atoms with van der Waals surface area (Å²) in [6, 6.07) is 8.35. The maximum absolute atomic E-state index is 4.38. The van der Waals surface area contributed by atoms with E-state index >= 15 is 0 Å². The van der Waals surface area contributed by atoms with Crippen molar-refractivity contribution >= 4 is 11.8 Å². The van der Waals surface area contributed by atoms with Gasteiger partial charge >= 0.3 is 0 Å². The standard InChI is InChI=1S/C15H19N3S/c1-11-7-3-6-10-13(11)14-16-17-15(18(14)2)19-12-8-4-5-9-12/h3,6-7,10,12H,4-5,8-9H2,1-2H3. The van der Waals surface area contributed by atoms with E-state index in [2.05, 4.69) is 53.0 Å². The molecule has 1 saturated carbocycles. The van der Waals surface area contributed by atoms with E-state index in [9.17, 15) is 0 Å². The second-order valence-corrected chi connectivity index (χ2v) is 6.47. The summed E-state index contributed by atoms with van der Waals surface area (Å²) < 4.78 is 2.13. The Morgan fingerprint density at radius 2 is 1.89 bits per heavy atom. The third-order valence-corrected chi connectivity index (χ3v) is 5.17. The molecule has 100 valence electrons. The van der Waals surface area contributed by atoms with E-state index < -0.39 is 0 Å². The number of nitrogens with zero attached hydrogens (tertiary/aromatic N) is 3. The van der Waals surface area contributed by atoms with Gasteiger partial charge in [-0.2, -0.15) is 0 Å². The lowest BCUT2D eigenvalue weighted by atomic mass is 10.1. The van der Waals surface area contributed by atoms with Crippen LogP contribution in [-0.4, -0.2) is 20.0 Å². The minimum absolute atomic E-state index is 0.729. The number of thioether (sulfide) groups is 1. The summed E-state index contributed by atoms with van der Waals surface area (Å²) >= 11 is 1.89. The quantitative estimate of drug-likeness (QED) is 0.851. The fourth-order valence-electron chi connectivity index (χ4n) is 2.63. The van der Waals surface area contributed by atoms with Crippen molar-refractivity contribution in [1.82, 2.24) is 14.8 Å². The summed E-state index contributed by atoms with van der Waals surface area (Å²) in [5.74, 6) is 0.971. The third kappa shape index (κ3) is 2.54. The van der Waals surface area contributed by atoms with Crippen molar-refractivity contribution in [2.45, 2.75) is 43.0 Å². The molecule has 3 rings (SSSR count). The Morgan fingerprint density at radius 1 is 1.16 bits per heavy atom. The smallest absolute Gasteiger partial charge is 0.191 e. The van der Waals surface area contributed by atoms with Crippen LogP contribution in [0.5, 0.6) is 0 Å². The second kappa shape index (κ2) is 5.37. The monoisotopic (exact) mass is 273 g/mol. The van der Waals surface area contributed by atoms with Crippen molar-refractivity contribution < 1.29 is 0 Å². The molecule has 0 saturated heterocycles. The summed E-state index contributed by atoms with van der Waals surface area (Å²) in [5, 5.41) is 10.5. The highest BCUT2D eigenvalue weighted by Gasteiger charge is 2.20. The van der Waals surface area contributed by atoms with Crippen LogP contribution < -0.4 is 0 Å². The Bertz CT molecular complexity index is 571. The topological polar surface area (TPSA) is 30.7 Å². The molecule has 1 aromatic carbocycles. The van der Waals surface area contributed by atoms with E-state index in [1.807, 2.05) is 11.8 Å². The molecule has 0 bridgehead atoms. The lowest BCUT2D eigenvalue weighted by Gasteiger charge is -2.09. The highest BCUT2D eigenvalue weighted by Crippen LogP contribution is 2.34. The molecule has 0 atom stereocenters. The first-order chi connectivity index (χ1) is 9.25. The normalized spacial score (nSPS) is 16.1. The highest BCUT2D eigenvalue weighted by molar-refractivity contribution is 7.99. The molecule has 19 heavy (non-hydrogen) atoms. The molecule has 1 aliphatic carbocycles. The van der Waals surface area contributed by atoms with Crippen LogP contribution in [0.1, 0.15) is 31.2 Å². The van der Waals surface area contributed by atoms with Gasteiger partial charge in [0.25, 0.3) is 0 Å². The third-order valence-electron chi connectivity index (χ3n) is 3.80. The van der Waals surface area contributed by atoms with Crippen LogP contribution in [0.15, 0.2) is 29.4 Å². The van der Waals surface area contributed by atoms with Gasteiger partial charge in [0.15, 0.2) is 11.0 Å². The van der Waals surface area contributed by atoms with Crippen LogP contribution in [0.25, 0.3) is 11.4 Å². The maximum Gasteiger partial charge on any atom is 0.191 e. The molecule has 2 aromatic rings. The van der Waals surface area contributed by atoms with Crippen molar-refractivity contribution in [2.75, 3.05) is 0 Å². The number of aryl methyl sites for hydroxylation is 1. The van der Waals surface area contributed by atoms with Gasteiger partial charge in [-0.1, -0.05) is 48.9 Å². The van der Waals surface area contributed by atoms with Crippen molar-refractivity contribution in [3.8, 4) is 11.4 Å². The fourth-order valence-corrected chi connectivity index (χ4v) is 3.83. The summed E-state index contributed by atoms with van der Waals surface area (Å²) in [7, 11) is 2.07. The lowest BCUT2D eigenvalue weighted by molar-refractivity contribution is 0.783. The Balaban J connectivity index is 1.88. The van der Waals surface area contributed by atoms with Crippen molar-refractivity contribution in [2.24, 2.45) is 7.05 Å². The van der Waals surface area contributed by atoms with Crippen LogP contribution in [0, 0.1) is 6.92 Å². The number of benzene rings is 1. The van der Waals surface area contributed by atoms with Crippen molar-refractivity contribution in [3.63, 3.8) is 0 Å². The molecule has 1 heterocycles. The Hall–Kier alpha value is -1.29. The van der Waals surface area contributed by atoms with Gasteiger partial charge in [0.1, 0.15) is 0 Å².